The van der Waals surface area contributed by atoms with Crippen molar-refractivity contribution in [1.29, 1.82) is 0 Å². The molecule has 0 atom stereocenters. The highest BCUT2D eigenvalue weighted by Gasteiger charge is 2.15. The average molecular weight is 284 g/mol. The van der Waals surface area contributed by atoms with E-state index in [2.05, 4.69) is 26.1 Å². The quantitative estimate of drug-likeness (QED) is 0.788. The summed E-state index contributed by atoms with van der Waals surface area (Å²) in [5.41, 5.74) is 6.91. The van der Waals surface area contributed by atoms with E-state index in [4.69, 9.17) is 10.5 Å². The third-order valence-electron chi connectivity index (χ3n) is 2.25. The fraction of sp³-hybridized carbons (Fsp3) is 0.100. The van der Waals surface area contributed by atoms with Crippen LogP contribution in [0, 0.1) is 0 Å². The zero-order valence-electron chi connectivity index (χ0n) is 8.49. The number of nitrogen functional groups attached to an aromatic ring is 1. The molecular weight excluding hydrogens is 274 g/mol. The monoisotopic (exact) mass is 283 g/mol. The fourth-order valence-corrected chi connectivity index (χ4v) is 1.95. The maximum Gasteiger partial charge on any atom is 0.175 e. The van der Waals surface area contributed by atoms with Crippen LogP contribution in [0.3, 0.4) is 0 Å². The summed E-state index contributed by atoms with van der Waals surface area (Å²) in [7, 11) is 1.49. The van der Waals surface area contributed by atoms with Gasteiger partial charge >= 0.3 is 0 Å². The van der Waals surface area contributed by atoms with Crippen LogP contribution in [0.25, 0.3) is 11.1 Å². The minimum absolute atomic E-state index is 0.0324. The smallest absolute Gasteiger partial charge is 0.175 e. The van der Waals surface area contributed by atoms with Crippen LogP contribution in [0.15, 0.2) is 22.8 Å². The SMILES string of the molecule is COc1c(Br)ccc(-c2cn[nH]c2N)c1O. The Morgan fingerprint density at radius 2 is 2.19 bits per heavy atom. The first kappa shape index (κ1) is 10.8. The highest BCUT2D eigenvalue weighted by molar-refractivity contribution is 9.10. The lowest BCUT2D eigenvalue weighted by Gasteiger charge is -2.09. The predicted molar refractivity (Wildman–Crippen MR) is 64.4 cm³/mol. The number of hydrogen-bond acceptors (Lipinski definition) is 4. The molecule has 2 aromatic rings. The topological polar surface area (TPSA) is 84.2 Å². The standard InChI is InChI=1S/C10H10BrN3O2/c1-16-9-7(11)3-2-5(8(9)15)6-4-13-14-10(6)12/h2-4,15H,1H3,(H3,12,13,14). The number of nitrogens with two attached hydrogens (primary N) is 1. The van der Waals surface area contributed by atoms with Gasteiger partial charge in [0.25, 0.3) is 0 Å². The highest BCUT2D eigenvalue weighted by atomic mass is 79.9. The number of hydrogen-bond donors (Lipinski definition) is 3. The van der Waals surface area contributed by atoms with Crippen LogP contribution < -0.4 is 10.5 Å². The summed E-state index contributed by atoms with van der Waals surface area (Å²) >= 11 is 3.28. The van der Waals surface area contributed by atoms with E-state index in [1.165, 1.54) is 7.11 Å². The van der Waals surface area contributed by atoms with Gasteiger partial charge in [-0.25, -0.2) is 0 Å². The lowest BCUT2D eigenvalue weighted by Crippen LogP contribution is -1.91. The van der Waals surface area contributed by atoms with Crippen molar-refractivity contribution in [2.45, 2.75) is 0 Å². The van der Waals surface area contributed by atoms with Crippen molar-refractivity contribution in [2.24, 2.45) is 0 Å². The summed E-state index contributed by atoms with van der Waals surface area (Å²) in [4.78, 5) is 0. The molecule has 0 bridgehead atoms. The van der Waals surface area contributed by atoms with E-state index in [-0.39, 0.29) is 5.75 Å². The average Bonchev–Trinajstić information content (AvgIpc) is 2.66. The second kappa shape index (κ2) is 4.05. The largest absolute Gasteiger partial charge is 0.504 e. The number of benzene rings is 1. The summed E-state index contributed by atoms with van der Waals surface area (Å²) in [5, 5.41) is 16.4. The number of phenols is 1. The van der Waals surface area contributed by atoms with E-state index in [1.54, 1.807) is 18.3 Å². The van der Waals surface area contributed by atoms with Gasteiger partial charge in [-0.15, -0.1) is 0 Å². The Morgan fingerprint density at radius 3 is 2.75 bits per heavy atom. The van der Waals surface area contributed by atoms with Gasteiger partial charge in [0.05, 0.1) is 17.8 Å². The molecule has 0 spiro atoms. The van der Waals surface area contributed by atoms with E-state index in [0.29, 0.717) is 27.2 Å². The lowest BCUT2D eigenvalue weighted by molar-refractivity contribution is 0.372. The van der Waals surface area contributed by atoms with Gasteiger partial charge in [-0.1, -0.05) is 0 Å². The number of rotatable bonds is 2. The van der Waals surface area contributed by atoms with Crippen molar-refractivity contribution < 1.29 is 9.84 Å². The Bertz CT molecular complexity index is 525. The first-order valence-electron chi connectivity index (χ1n) is 4.49. The molecule has 2 rings (SSSR count). The van der Waals surface area contributed by atoms with Gasteiger partial charge in [-0.2, -0.15) is 5.10 Å². The number of anilines is 1. The molecule has 84 valence electrons. The Labute approximate surface area is 100 Å². The second-order valence-electron chi connectivity index (χ2n) is 3.17. The number of aromatic amines is 1. The molecule has 0 radical (unpaired) electrons. The van der Waals surface area contributed by atoms with Crippen molar-refractivity contribution in [3.8, 4) is 22.6 Å². The number of methoxy groups -OCH3 is 1. The van der Waals surface area contributed by atoms with Crippen LogP contribution in [0.2, 0.25) is 0 Å². The third-order valence-corrected chi connectivity index (χ3v) is 2.87. The van der Waals surface area contributed by atoms with Crippen LogP contribution in [0.4, 0.5) is 5.82 Å². The van der Waals surface area contributed by atoms with Crippen LogP contribution >= 0.6 is 15.9 Å². The molecule has 16 heavy (non-hydrogen) atoms. The highest BCUT2D eigenvalue weighted by Crippen LogP contribution is 2.42. The number of nitrogens with one attached hydrogen (secondary N) is 1. The molecule has 1 aromatic heterocycles. The molecule has 1 aromatic carbocycles. The Balaban J connectivity index is 2.63. The number of ether oxygens (including phenoxy) is 1. The van der Waals surface area contributed by atoms with Gasteiger partial charge in [0.2, 0.25) is 0 Å². The number of nitrogens with zero attached hydrogens (tertiary/aromatic N) is 1. The molecule has 0 saturated carbocycles. The number of halogens is 1. The summed E-state index contributed by atoms with van der Waals surface area (Å²) in [6.07, 6.45) is 1.55. The molecule has 6 heteroatoms. The molecule has 0 fully saturated rings. The van der Waals surface area contributed by atoms with Crippen LogP contribution in [-0.4, -0.2) is 22.4 Å². The van der Waals surface area contributed by atoms with Gasteiger partial charge < -0.3 is 15.6 Å². The minimum Gasteiger partial charge on any atom is -0.504 e. The first-order valence-corrected chi connectivity index (χ1v) is 5.29. The molecule has 0 unspecified atom stereocenters. The van der Waals surface area contributed by atoms with Crippen molar-refractivity contribution in [3.63, 3.8) is 0 Å². The molecule has 0 aliphatic heterocycles. The summed E-state index contributed by atoms with van der Waals surface area (Å²) in [6.45, 7) is 0. The van der Waals surface area contributed by atoms with Gasteiger partial charge in [0.15, 0.2) is 11.5 Å². The predicted octanol–water partition coefficient (Wildman–Crippen LogP) is 2.14. The summed E-state index contributed by atoms with van der Waals surface area (Å²) in [5.74, 6) is 0.808. The van der Waals surface area contributed by atoms with Crippen molar-refractivity contribution in [2.75, 3.05) is 12.8 Å². The number of phenolic OH excluding ortho intramolecular Hbond substituents is 1. The minimum atomic E-state index is 0.0324. The molecule has 0 aliphatic carbocycles. The Morgan fingerprint density at radius 1 is 1.44 bits per heavy atom. The fourth-order valence-electron chi connectivity index (χ4n) is 1.47. The van der Waals surface area contributed by atoms with E-state index in [1.807, 2.05) is 0 Å². The van der Waals surface area contributed by atoms with E-state index in [0.717, 1.165) is 0 Å². The van der Waals surface area contributed by atoms with Gasteiger partial charge in [0, 0.05) is 11.1 Å². The Kier molecular flexibility index (Phi) is 2.74. The third kappa shape index (κ3) is 1.61. The Hall–Kier alpha value is -1.69. The van der Waals surface area contributed by atoms with E-state index < -0.39 is 0 Å². The molecule has 0 amide bonds. The zero-order valence-corrected chi connectivity index (χ0v) is 10.1. The van der Waals surface area contributed by atoms with Crippen molar-refractivity contribution in [1.82, 2.24) is 10.2 Å². The van der Waals surface area contributed by atoms with E-state index in [9.17, 15) is 5.11 Å². The van der Waals surface area contributed by atoms with Crippen LogP contribution in [0.1, 0.15) is 0 Å². The van der Waals surface area contributed by atoms with E-state index >= 15 is 0 Å². The van der Waals surface area contributed by atoms with Gasteiger partial charge in [-0.3, -0.25) is 5.10 Å². The number of H-pyrrole nitrogens is 1. The van der Waals surface area contributed by atoms with Crippen molar-refractivity contribution >= 4 is 21.7 Å². The number of aromatic nitrogens is 2. The number of aromatic hydroxyl groups is 1. The van der Waals surface area contributed by atoms with Crippen molar-refractivity contribution in [3.05, 3.63) is 22.8 Å². The maximum absolute atomic E-state index is 10.0. The summed E-state index contributed by atoms with van der Waals surface area (Å²) in [6, 6.07) is 3.52. The molecule has 0 aliphatic rings. The van der Waals surface area contributed by atoms with Crippen LogP contribution in [-0.2, 0) is 0 Å². The maximum atomic E-state index is 10.0. The van der Waals surface area contributed by atoms with Gasteiger partial charge in [0.1, 0.15) is 5.82 Å². The first-order chi connectivity index (χ1) is 7.65. The van der Waals surface area contributed by atoms with Gasteiger partial charge in [-0.05, 0) is 28.1 Å². The second-order valence-corrected chi connectivity index (χ2v) is 4.03. The normalized spacial score (nSPS) is 10.4. The lowest BCUT2D eigenvalue weighted by atomic mass is 10.1. The molecule has 5 nitrogen and oxygen atoms in total. The molecule has 4 N–H and O–H groups in total. The van der Waals surface area contributed by atoms with Crippen LogP contribution in [0.5, 0.6) is 11.5 Å². The molecular formula is C10H10BrN3O2. The molecule has 0 saturated heterocycles. The summed E-state index contributed by atoms with van der Waals surface area (Å²) < 4.78 is 5.77. The molecule has 1 heterocycles. The zero-order chi connectivity index (χ0) is 11.7.